The van der Waals surface area contributed by atoms with Crippen LogP contribution >= 0.6 is 11.3 Å². The summed E-state index contributed by atoms with van der Waals surface area (Å²) in [6.07, 6.45) is 6.28. The van der Waals surface area contributed by atoms with Gasteiger partial charge in [0.1, 0.15) is 4.88 Å². The summed E-state index contributed by atoms with van der Waals surface area (Å²) in [4.78, 5) is 13.1. The van der Waals surface area contributed by atoms with E-state index in [-0.39, 0.29) is 11.7 Å². The lowest BCUT2D eigenvalue weighted by atomic mass is 10.0. The largest absolute Gasteiger partial charge is 0.465 e. The Kier molecular flexibility index (Phi) is 9.84. The molecule has 0 atom stereocenters. The van der Waals surface area contributed by atoms with Crippen molar-refractivity contribution in [1.82, 2.24) is 4.72 Å². The monoisotopic (exact) mass is 437 g/mol. The van der Waals surface area contributed by atoms with Crippen molar-refractivity contribution in [3.05, 3.63) is 57.3 Å². The highest BCUT2D eigenvalue weighted by atomic mass is 32.2. The van der Waals surface area contributed by atoms with Crippen molar-refractivity contribution in [3.8, 4) is 0 Å². The number of methoxy groups -OCH3 is 1. The van der Waals surface area contributed by atoms with Gasteiger partial charge in [-0.3, -0.25) is 0 Å². The molecule has 0 spiro atoms. The molecule has 2 rings (SSSR count). The molecule has 1 aromatic heterocycles. The van der Waals surface area contributed by atoms with E-state index in [0.717, 1.165) is 24.1 Å². The number of benzene rings is 1. The summed E-state index contributed by atoms with van der Waals surface area (Å²) >= 11 is 1.39. The molecule has 160 valence electrons. The summed E-state index contributed by atoms with van der Waals surface area (Å²) in [6.45, 7) is 2.59. The fraction of sp³-hybridized carbons (Fsp3) is 0.500. The molecule has 1 heterocycles. The lowest BCUT2D eigenvalue weighted by Crippen LogP contribution is -2.27. The van der Waals surface area contributed by atoms with Gasteiger partial charge in [0, 0.05) is 11.4 Å². The van der Waals surface area contributed by atoms with Gasteiger partial charge in [-0.05, 0) is 61.8 Å². The van der Waals surface area contributed by atoms with Gasteiger partial charge in [0.25, 0.3) is 0 Å². The van der Waals surface area contributed by atoms with Crippen LogP contribution < -0.4 is 4.72 Å². The van der Waals surface area contributed by atoms with E-state index in [4.69, 9.17) is 4.74 Å². The molecule has 0 radical (unpaired) electrons. The number of aryl methyl sites for hydroxylation is 3. The van der Waals surface area contributed by atoms with Gasteiger partial charge >= 0.3 is 5.97 Å². The molecule has 29 heavy (non-hydrogen) atoms. The Morgan fingerprint density at radius 3 is 2.24 bits per heavy atom. The Morgan fingerprint density at radius 1 is 0.966 bits per heavy atom. The summed E-state index contributed by atoms with van der Waals surface area (Å²) in [6, 6.07) is 12.1. The molecule has 0 aliphatic rings. The number of carbonyl (C=O) groups is 1. The highest BCUT2D eigenvalue weighted by molar-refractivity contribution is 7.89. The molecule has 0 saturated carbocycles. The van der Waals surface area contributed by atoms with Crippen molar-refractivity contribution < 1.29 is 17.9 Å². The Bertz CT molecular complexity index is 857. The highest BCUT2D eigenvalue weighted by Crippen LogP contribution is 2.18. The van der Waals surface area contributed by atoms with Gasteiger partial charge in [-0.2, -0.15) is 0 Å². The smallest absolute Gasteiger partial charge is 0.348 e. The predicted molar refractivity (Wildman–Crippen MR) is 119 cm³/mol. The van der Waals surface area contributed by atoms with E-state index in [2.05, 4.69) is 35.9 Å². The Morgan fingerprint density at radius 2 is 1.62 bits per heavy atom. The van der Waals surface area contributed by atoms with Crippen LogP contribution in [-0.2, 0) is 34.0 Å². The van der Waals surface area contributed by atoms with Crippen LogP contribution in [0.5, 0.6) is 0 Å². The first-order chi connectivity index (χ1) is 13.9. The predicted octanol–water partition coefficient (Wildman–Crippen LogP) is 4.36. The highest BCUT2D eigenvalue weighted by Gasteiger charge is 2.11. The molecule has 0 unspecified atom stereocenters. The van der Waals surface area contributed by atoms with Crippen LogP contribution in [0.4, 0.5) is 0 Å². The van der Waals surface area contributed by atoms with Crippen LogP contribution in [0.2, 0.25) is 0 Å². The minimum atomic E-state index is -3.26. The normalized spacial score (nSPS) is 11.5. The molecule has 1 N–H and O–H groups in total. The Balaban J connectivity index is 1.65. The fourth-order valence-electron chi connectivity index (χ4n) is 3.00. The van der Waals surface area contributed by atoms with E-state index in [1.165, 1.54) is 42.4 Å². The molecule has 5 nitrogen and oxygen atoms in total. The number of rotatable bonds is 13. The van der Waals surface area contributed by atoms with Gasteiger partial charge in [0.15, 0.2) is 0 Å². The van der Waals surface area contributed by atoms with Crippen LogP contribution in [-0.4, -0.2) is 33.8 Å². The summed E-state index contributed by atoms with van der Waals surface area (Å²) in [5, 5.41) is 0. The maximum atomic E-state index is 12.2. The van der Waals surface area contributed by atoms with E-state index in [0.29, 0.717) is 24.3 Å². The van der Waals surface area contributed by atoms with Crippen molar-refractivity contribution in [3.63, 3.8) is 0 Å². The Labute approximate surface area is 178 Å². The molecule has 0 fully saturated rings. The summed E-state index contributed by atoms with van der Waals surface area (Å²) in [7, 11) is -1.90. The number of thiophene rings is 1. The van der Waals surface area contributed by atoms with Crippen LogP contribution in [0, 0.1) is 0 Å². The van der Waals surface area contributed by atoms with Crippen molar-refractivity contribution in [2.75, 3.05) is 19.4 Å². The third-order valence-electron chi connectivity index (χ3n) is 4.69. The lowest BCUT2D eigenvalue weighted by molar-refractivity contribution is 0.0606. The molecule has 1 aromatic carbocycles. The molecule has 7 heteroatoms. The second kappa shape index (κ2) is 12.1. The van der Waals surface area contributed by atoms with Gasteiger partial charge in [-0.1, -0.05) is 37.6 Å². The van der Waals surface area contributed by atoms with E-state index in [1.54, 1.807) is 6.07 Å². The average Bonchev–Trinajstić information content (AvgIpc) is 3.19. The number of ether oxygens (including phenoxy) is 1. The number of hydrogen-bond donors (Lipinski definition) is 1. The molecule has 0 bridgehead atoms. The first-order valence-corrected chi connectivity index (χ1v) is 12.6. The van der Waals surface area contributed by atoms with Crippen molar-refractivity contribution in [2.45, 2.75) is 51.9 Å². The fourth-order valence-corrected chi connectivity index (χ4v) is 5.10. The second-order valence-corrected chi connectivity index (χ2v) is 10.2. The first kappa shape index (κ1) is 23.6. The molecular weight excluding hydrogens is 406 g/mol. The van der Waals surface area contributed by atoms with Gasteiger partial charge in [-0.25, -0.2) is 17.9 Å². The van der Waals surface area contributed by atoms with Crippen LogP contribution in [0.15, 0.2) is 36.4 Å². The minimum absolute atomic E-state index is 0.135. The number of sulfonamides is 1. The zero-order chi connectivity index (χ0) is 21.1. The third-order valence-corrected chi connectivity index (χ3v) is 7.29. The summed E-state index contributed by atoms with van der Waals surface area (Å²) < 4.78 is 31.7. The Hall–Kier alpha value is -1.70. The third kappa shape index (κ3) is 8.68. The molecule has 0 aliphatic heterocycles. The lowest BCUT2D eigenvalue weighted by Gasteiger charge is -2.07. The van der Waals surface area contributed by atoms with Crippen molar-refractivity contribution in [1.29, 1.82) is 0 Å². The number of nitrogens with one attached hydrogen (secondary N) is 1. The first-order valence-electron chi connectivity index (χ1n) is 10.2. The molecule has 0 aliphatic carbocycles. The van der Waals surface area contributed by atoms with Crippen molar-refractivity contribution >= 4 is 27.3 Å². The van der Waals surface area contributed by atoms with Crippen LogP contribution in [0.1, 0.15) is 58.3 Å². The van der Waals surface area contributed by atoms with Gasteiger partial charge in [0.05, 0.1) is 12.9 Å². The molecule has 0 saturated heterocycles. The van der Waals surface area contributed by atoms with Crippen LogP contribution in [0.25, 0.3) is 0 Å². The standard InChI is InChI=1S/C22H31NO4S2/c1-3-4-7-18-10-12-19(13-11-18)8-6-17-29(25,26)23-16-5-9-20-14-15-21(28-20)22(24)27-2/h10-15,23H,3-9,16-17H2,1-2H3. The van der Waals surface area contributed by atoms with Gasteiger partial charge < -0.3 is 4.74 Å². The molecule has 2 aromatic rings. The summed E-state index contributed by atoms with van der Waals surface area (Å²) in [5.41, 5.74) is 2.52. The zero-order valence-electron chi connectivity index (χ0n) is 17.3. The topological polar surface area (TPSA) is 72.5 Å². The van der Waals surface area contributed by atoms with E-state index in [1.807, 2.05) is 6.07 Å². The quantitative estimate of drug-likeness (QED) is 0.373. The SMILES string of the molecule is CCCCc1ccc(CCCS(=O)(=O)NCCCc2ccc(C(=O)OC)s2)cc1. The average molecular weight is 438 g/mol. The maximum Gasteiger partial charge on any atom is 0.348 e. The molecular formula is C22H31NO4S2. The van der Waals surface area contributed by atoms with Crippen LogP contribution in [0.3, 0.4) is 0 Å². The second-order valence-electron chi connectivity index (χ2n) is 7.10. The molecule has 0 amide bonds. The number of carbonyl (C=O) groups excluding carboxylic acids is 1. The number of esters is 1. The van der Waals surface area contributed by atoms with Gasteiger partial charge in [0.2, 0.25) is 10.0 Å². The van der Waals surface area contributed by atoms with E-state index in [9.17, 15) is 13.2 Å². The van der Waals surface area contributed by atoms with Crippen molar-refractivity contribution in [2.24, 2.45) is 0 Å². The van der Waals surface area contributed by atoms with E-state index >= 15 is 0 Å². The maximum absolute atomic E-state index is 12.2. The number of hydrogen-bond acceptors (Lipinski definition) is 5. The number of unbranched alkanes of at least 4 members (excludes halogenated alkanes) is 1. The summed E-state index contributed by atoms with van der Waals surface area (Å²) in [5.74, 6) is -0.201. The minimum Gasteiger partial charge on any atom is -0.465 e. The zero-order valence-corrected chi connectivity index (χ0v) is 18.9. The van der Waals surface area contributed by atoms with E-state index < -0.39 is 10.0 Å². The van der Waals surface area contributed by atoms with Gasteiger partial charge in [-0.15, -0.1) is 11.3 Å².